The van der Waals surface area contributed by atoms with Gasteiger partial charge in [-0.3, -0.25) is 10.1 Å². The Bertz CT molecular complexity index is 627. The first-order valence-electron chi connectivity index (χ1n) is 5.38. The van der Waals surface area contributed by atoms with Gasteiger partial charge in [-0.05, 0) is 18.9 Å². The lowest BCUT2D eigenvalue weighted by Crippen LogP contribution is -2.39. The molecule has 0 aliphatic heterocycles. The van der Waals surface area contributed by atoms with Gasteiger partial charge in [-0.2, -0.15) is 0 Å². The smallest absolute Gasteiger partial charge is 0.270 e. The largest absolute Gasteiger partial charge is 0.394 e. The van der Waals surface area contributed by atoms with Crippen molar-refractivity contribution in [2.75, 3.05) is 6.61 Å². The zero-order valence-corrected chi connectivity index (χ0v) is 11.2. The minimum atomic E-state index is -4.00. The van der Waals surface area contributed by atoms with Gasteiger partial charge >= 0.3 is 0 Å². The van der Waals surface area contributed by atoms with Gasteiger partial charge in [0.15, 0.2) is 0 Å². The minimum absolute atomic E-state index is 0.105. The number of aliphatic hydroxyl groups is 1. The van der Waals surface area contributed by atoms with Crippen LogP contribution < -0.4 is 4.72 Å². The molecule has 1 aliphatic rings. The minimum Gasteiger partial charge on any atom is -0.394 e. The summed E-state index contributed by atoms with van der Waals surface area (Å²) in [7, 11) is -4.00. The first-order chi connectivity index (χ1) is 8.80. The molecule has 0 amide bonds. The lowest BCUT2D eigenvalue weighted by molar-refractivity contribution is -0.385. The number of benzene rings is 1. The van der Waals surface area contributed by atoms with Crippen molar-refractivity contribution in [1.29, 1.82) is 0 Å². The third kappa shape index (κ3) is 2.86. The number of sulfonamides is 1. The molecule has 2 N–H and O–H groups in total. The van der Waals surface area contributed by atoms with E-state index in [4.69, 9.17) is 16.7 Å². The Morgan fingerprint density at radius 3 is 2.58 bits per heavy atom. The van der Waals surface area contributed by atoms with Crippen LogP contribution >= 0.6 is 11.6 Å². The quantitative estimate of drug-likeness (QED) is 0.624. The van der Waals surface area contributed by atoms with E-state index in [2.05, 4.69) is 4.72 Å². The average molecular weight is 307 g/mol. The Kier molecular flexibility index (Phi) is 3.52. The normalized spacial score (nSPS) is 17.2. The SMILES string of the molecule is O=[N+]([O-])c1ccc(Cl)c(S(=O)(=O)NC2(CO)CC2)c1. The second kappa shape index (κ2) is 4.71. The maximum absolute atomic E-state index is 12.1. The van der Waals surface area contributed by atoms with E-state index in [-0.39, 0.29) is 22.2 Å². The average Bonchev–Trinajstić information content (AvgIpc) is 3.08. The fourth-order valence-electron chi connectivity index (χ4n) is 1.59. The molecule has 0 unspecified atom stereocenters. The van der Waals surface area contributed by atoms with Crippen LogP contribution in [0.15, 0.2) is 23.1 Å². The van der Waals surface area contributed by atoms with E-state index < -0.39 is 20.5 Å². The van der Waals surface area contributed by atoms with Gasteiger partial charge in [-0.1, -0.05) is 11.6 Å². The van der Waals surface area contributed by atoms with Gasteiger partial charge in [-0.25, -0.2) is 13.1 Å². The molecule has 104 valence electrons. The van der Waals surface area contributed by atoms with Crippen LogP contribution in [0.4, 0.5) is 5.69 Å². The van der Waals surface area contributed by atoms with E-state index in [1.165, 1.54) is 0 Å². The summed E-state index contributed by atoms with van der Waals surface area (Å²) >= 11 is 5.77. The highest BCUT2D eigenvalue weighted by Gasteiger charge is 2.46. The Morgan fingerprint density at radius 1 is 1.47 bits per heavy atom. The molecule has 19 heavy (non-hydrogen) atoms. The number of nitrogens with zero attached hydrogens (tertiary/aromatic N) is 1. The van der Waals surface area contributed by atoms with Crippen LogP contribution in [0.5, 0.6) is 0 Å². The van der Waals surface area contributed by atoms with Crippen LogP contribution in [0.2, 0.25) is 5.02 Å². The van der Waals surface area contributed by atoms with E-state index in [1.54, 1.807) is 0 Å². The Labute approximate surface area is 114 Å². The zero-order chi connectivity index (χ0) is 14.3. The topological polar surface area (TPSA) is 110 Å². The Balaban J connectivity index is 2.40. The van der Waals surface area contributed by atoms with Gasteiger partial charge in [0.1, 0.15) is 4.90 Å². The maximum Gasteiger partial charge on any atom is 0.270 e. The van der Waals surface area contributed by atoms with Crippen LogP contribution in [0, 0.1) is 10.1 Å². The second-order valence-electron chi connectivity index (χ2n) is 4.42. The Morgan fingerprint density at radius 2 is 2.11 bits per heavy atom. The van der Waals surface area contributed by atoms with Crippen LogP contribution in [-0.2, 0) is 10.0 Å². The second-order valence-corrected chi connectivity index (χ2v) is 6.47. The highest BCUT2D eigenvalue weighted by Crippen LogP contribution is 2.37. The molecule has 1 aromatic carbocycles. The van der Waals surface area contributed by atoms with Crippen molar-refractivity contribution < 1.29 is 18.4 Å². The standard InChI is InChI=1S/C10H11ClN2O5S/c11-8-2-1-7(13(15)16)5-9(8)19(17,18)12-10(6-14)3-4-10/h1-2,5,12,14H,3-4,6H2. The number of nitro groups is 1. The van der Waals surface area contributed by atoms with Crippen LogP contribution in [0.25, 0.3) is 0 Å². The molecule has 1 aliphatic carbocycles. The van der Waals surface area contributed by atoms with Gasteiger partial charge < -0.3 is 5.11 Å². The summed E-state index contributed by atoms with van der Waals surface area (Å²) in [6, 6.07) is 3.19. The predicted octanol–water partition coefficient (Wildman–Crippen LogP) is 1.05. The number of aliphatic hydroxyl groups excluding tert-OH is 1. The van der Waals surface area contributed by atoms with Crippen LogP contribution in [0.3, 0.4) is 0 Å². The summed E-state index contributed by atoms with van der Waals surface area (Å²) in [4.78, 5) is 9.59. The fourth-order valence-corrected chi connectivity index (χ4v) is 3.57. The number of halogens is 1. The zero-order valence-electron chi connectivity index (χ0n) is 9.67. The molecule has 0 spiro atoms. The molecule has 0 aromatic heterocycles. The first-order valence-corrected chi connectivity index (χ1v) is 7.25. The molecular weight excluding hydrogens is 296 g/mol. The van der Waals surface area contributed by atoms with Gasteiger partial charge in [0.2, 0.25) is 10.0 Å². The molecule has 0 radical (unpaired) electrons. The van der Waals surface area contributed by atoms with Crippen LogP contribution in [-0.4, -0.2) is 30.6 Å². The lowest BCUT2D eigenvalue weighted by atomic mass is 10.3. The summed E-state index contributed by atoms with van der Waals surface area (Å²) in [6.45, 7) is -0.321. The number of rotatable bonds is 5. The predicted molar refractivity (Wildman–Crippen MR) is 67.5 cm³/mol. The number of non-ortho nitro benzene ring substituents is 1. The van der Waals surface area contributed by atoms with E-state index >= 15 is 0 Å². The van der Waals surface area contributed by atoms with E-state index in [1.807, 2.05) is 0 Å². The summed E-state index contributed by atoms with van der Waals surface area (Å²) in [5.41, 5.74) is -1.22. The van der Waals surface area contributed by atoms with E-state index in [0.29, 0.717) is 12.8 Å². The lowest BCUT2D eigenvalue weighted by Gasteiger charge is -2.15. The summed E-state index contributed by atoms with van der Waals surface area (Å²) < 4.78 is 26.6. The third-order valence-corrected chi connectivity index (χ3v) is 4.98. The van der Waals surface area contributed by atoms with E-state index in [0.717, 1.165) is 18.2 Å². The molecule has 0 saturated heterocycles. The van der Waals surface area contributed by atoms with Crippen molar-refractivity contribution in [3.8, 4) is 0 Å². The fraction of sp³-hybridized carbons (Fsp3) is 0.400. The maximum atomic E-state index is 12.1. The number of nitro benzene ring substituents is 1. The number of hydrogen-bond donors (Lipinski definition) is 2. The van der Waals surface area contributed by atoms with Gasteiger partial charge in [-0.15, -0.1) is 0 Å². The van der Waals surface area contributed by atoms with E-state index in [9.17, 15) is 18.5 Å². The first kappa shape index (κ1) is 14.2. The van der Waals surface area contributed by atoms with Gasteiger partial charge in [0.25, 0.3) is 5.69 Å². The Hall–Kier alpha value is -1.22. The highest BCUT2D eigenvalue weighted by atomic mass is 35.5. The summed E-state index contributed by atoms with van der Waals surface area (Å²) in [6.07, 6.45) is 1.05. The molecule has 1 saturated carbocycles. The molecular formula is C10H11ClN2O5S. The number of hydrogen-bond acceptors (Lipinski definition) is 5. The van der Waals surface area contributed by atoms with Crippen molar-refractivity contribution in [1.82, 2.24) is 4.72 Å². The molecule has 0 bridgehead atoms. The highest BCUT2D eigenvalue weighted by molar-refractivity contribution is 7.89. The van der Waals surface area contributed by atoms with Gasteiger partial charge in [0.05, 0.1) is 22.1 Å². The van der Waals surface area contributed by atoms with Gasteiger partial charge in [0, 0.05) is 12.1 Å². The molecule has 2 rings (SSSR count). The molecule has 7 nitrogen and oxygen atoms in total. The third-order valence-electron chi connectivity index (χ3n) is 2.92. The van der Waals surface area contributed by atoms with Crippen LogP contribution in [0.1, 0.15) is 12.8 Å². The monoisotopic (exact) mass is 306 g/mol. The molecule has 0 atom stereocenters. The molecule has 9 heteroatoms. The van der Waals surface area contributed by atoms with Crippen molar-refractivity contribution >= 4 is 27.3 Å². The van der Waals surface area contributed by atoms with Crippen molar-refractivity contribution in [2.24, 2.45) is 0 Å². The van der Waals surface area contributed by atoms with Crippen molar-refractivity contribution in [3.05, 3.63) is 33.3 Å². The van der Waals surface area contributed by atoms with Crippen molar-refractivity contribution in [2.45, 2.75) is 23.3 Å². The molecule has 1 aromatic rings. The van der Waals surface area contributed by atoms with Crippen molar-refractivity contribution in [3.63, 3.8) is 0 Å². The summed E-state index contributed by atoms with van der Waals surface area (Å²) in [5.74, 6) is 0. The molecule has 0 heterocycles. The number of nitrogens with one attached hydrogen (secondary N) is 1. The molecule has 1 fully saturated rings. The summed E-state index contributed by atoms with van der Waals surface area (Å²) in [5, 5.41) is 19.7.